The minimum absolute atomic E-state index is 0.452. The topological polar surface area (TPSA) is 75.7 Å². The summed E-state index contributed by atoms with van der Waals surface area (Å²) >= 11 is 0. The van der Waals surface area contributed by atoms with Crippen LogP contribution in [0.2, 0.25) is 0 Å². The highest BCUT2D eigenvalue weighted by Gasteiger charge is 2.11. The molecule has 2 N–H and O–H groups in total. The lowest BCUT2D eigenvalue weighted by Crippen LogP contribution is -1.99. The summed E-state index contributed by atoms with van der Waals surface area (Å²) in [6.45, 7) is 0. The quantitative estimate of drug-likeness (QED) is 0.735. The number of fused-ring (bicyclic) bond motifs is 1. The first kappa shape index (κ1) is 10.5. The van der Waals surface area contributed by atoms with Crippen LogP contribution >= 0.6 is 0 Å². The van der Waals surface area contributed by atoms with Crippen molar-refractivity contribution in [3.8, 4) is 11.6 Å². The van der Waals surface area contributed by atoms with E-state index in [1.165, 1.54) is 0 Å². The number of nitrogens with zero attached hydrogens (tertiary/aromatic N) is 3. The zero-order valence-electron chi connectivity index (χ0n) is 9.71. The lowest BCUT2D eigenvalue weighted by Gasteiger charge is -2.06. The molecule has 6 heteroatoms. The van der Waals surface area contributed by atoms with Gasteiger partial charge in [-0.05, 0) is 12.1 Å². The van der Waals surface area contributed by atoms with Crippen molar-refractivity contribution in [1.29, 1.82) is 0 Å². The van der Waals surface area contributed by atoms with Gasteiger partial charge < -0.3 is 15.0 Å². The minimum atomic E-state index is 0.452. The standard InChI is InChI=1S/C12H11N5O/c1-13-12-16-10-9(14-7-15-10)11(17-12)18-8-5-3-2-4-6-8/h2-7H,1H3,(H2,13,14,15,16,17). The van der Waals surface area contributed by atoms with Gasteiger partial charge in [-0.25, -0.2) is 4.98 Å². The number of anilines is 1. The number of hydrogen-bond acceptors (Lipinski definition) is 5. The third kappa shape index (κ3) is 1.84. The van der Waals surface area contributed by atoms with Crippen LogP contribution in [0.3, 0.4) is 0 Å². The Hall–Kier alpha value is -2.63. The van der Waals surface area contributed by atoms with Gasteiger partial charge in [-0.15, -0.1) is 0 Å². The third-order valence-electron chi connectivity index (χ3n) is 2.43. The molecule has 6 nitrogen and oxygen atoms in total. The molecule has 0 unspecified atom stereocenters. The number of para-hydroxylation sites is 1. The van der Waals surface area contributed by atoms with E-state index >= 15 is 0 Å². The van der Waals surface area contributed by atoms with Gasteiger partial charge in [0.25, 0.3) is 5.88 Å². The van der Waals surface area contributed by atoms with Gasteiger partial charge in [0, 0.05) is 7.05 Å². The maximum absolute atomic E-state index is 5.73. The van der Waals surface area contributed by atoms with E-state index in [0.717, 1.165) is 0 Å². The number of ether oxygens (including phenoxy) is 1. The number of imidazole rings is 1. The normalized spacial score (nSPS) is 10.5. The largest absolute Gasteiger partial charge is 0.437 e. The van der Waals surface area contributed by atoms with E-state index in [1.807, 2.05) is 30.3 Å². The summed E-state index contributed by atoms with van der Waals surface area (Å²) in [7, 11) is 1.75. The summed E-state index contributed by atoms with van der Waals surface area (Å²) in [5, 5.41) is 2.88. The second kappa shape index (κ2) is 4.33. The molecule has 1 aromatic carbocycles. The number of benzene rings is 1. The third-order valence-corrected chi connectivity index (χ3v) is 2.43. The molecule has 3 rings (SSSR count). The number of hydrogen-bond donors (Lipinski definition) is 2. The van der Waals surface area contributed by atoms with E-state index in [0.29, 0.717) is 28.7 Å². The molecule has 0 saturated heterocycles. The second-order valence-electron chi connectivity index (χ2n) is 3.62. The molecule has 2 heterocycles. The Balaban J connectivity index is 2.07. The van der Waals surface area contributed by atoms with Crippen molar-refractivity contribution in [2.24, 2.45) is 0 Å². The average Bonchev–Trinajstić information content (AvgIpc) is 2.88. The molecule has 3 aromatic rings. The summed E-state index contributed by atoms with van der Waals surface area (Å²) < 4.78 is 5.73. The molecule has 0 atom stereocenters. The van der Waals surface area contributed by atoms with Crippen molar-refractivity contribution in [3.05, 3.63) is 36.7 Å². The van der Waals surface area contributed by atoms with E-state index in [1.54, 1.807) is 13.4 Å². The molecule has 18 heavy (non-hydrogen) atoms. The summed E-state index contributed by atoms with van der Waals surface area (Å²) in [4.78, 5) is 15.6. The molecule has 0 aliphatic heterocycles. The first-order valence-corrected chi connectivity index (χ1v) is 5.48. The molecule has 0 amide bonds. The zero-order valence-corrected chi connectivity index (χ0v) is 9.71. The first-order valence-electron chi connectivity index (χ1n) is 5.48. The Labute approximate surface area is 103 Å². The van der Waals surface area contributed by atoms with Crippen molar-refractivity contribution in [2.45, 2.75) is 0 Å². The van der Waals surface area contributed by atoms with Gasteiger partial charge in [0.2, 0.25) is 5.95 Å². The molecule has 0 aliphatic carbocycles. The van der Waals surface area contributed by atoms with E-state index in [9.17, 15) is 0 Å². The Morgan fingerprint density at radius 1 is 1.17 bits per heavy atom. The maximum atomic E-state index is 5.73. The SMILES string of the molecule is CNc1nc(Oc2ccccc2)c2[nH]cnc2n1. The summed E-state index contributed by atoms with van der Waals surface area (Å²) in [6.07, 6.45) is 1.57. The molecule has 0 spiro atoms. The number of rotatable bonds is 3. The van der Waals surface area contributed by atoms with E-state index in [-0.39, 0.29) is 0 Å². The van der Waals surface area contributed by atoms with Crippen LogP contribution in [0.4, 0.5) is 5.95 Å². The molecule has 2 aromatic heterocycles. The smallest absolute Gasteiger partial charge is 0.250 e. The number of aromatic amines is 1. The van der Waals surface area contributed by atoms with Gasteiger partial charge in [0.1, 0.15) is 11.3 Å². The lowest BCUT2D eigenvalue weighted by molar-refractivity contribution is 0.468. The van der Waals surface area contributed by atoms with Crippen LogP contribution in [0, 0.1) is 0 Å². The monoisotopic (exact) mass is 241 g/mol. The Kier molecular flexibility index (Phi) is 2.53. The van der Waals surface area contributed by atoms with Crippen molar-refractivity contribution >= 4 is 17.1 Å². The van der Waals surface area contributed by atoms with Gasteiger partial charge in [-0.1, -0.05) is 18.2 Å². The van der Waals surface area contributed by atoms with Crippen LogP contribution in [-0.2, 0) is 0 Å². The fourth-order valence-corrected chi connectivity index (χ4v) is 1.59. The Morgan fingerprint density at radius 2 is 2.00 bits per heavy atom. The number of aromatic nitrogens is 4. The maximum Gasteiger partial charge on any atom is 0.250 e. The van der Waals surface area contributed by atoms with Crippen LogP contribution in [0.15, 0.2) is 36.7 Å². The lowest BCUT2D eigenvalue weighted by atomic mass is 10.3. The molecule has 0 fully saturated rings. The van der Waals surface area contributed by atoms with Crippen LogP contribution in [-0.4, -0.2) is 27.0 Å². The fourth-order valence-electron chi connectivity index (χ4n) is 1.59. The van der Waals surface area contributed by atoms with E-state index in [4.69, 9.17) is 4.74 Å². The van der Waals surface area contributed by atoms with Crippen molar-refractivity contribution < 1.29 is 4.74 Å². The van der Waals surface area contributed by atoms with E-state index < -0.39 is 0 Å². The highest BCUT2D eigenvalue weighted by Crippen LogP contribution is 2.25. The van der Waals surface area contributed by atoms with Crippen molar-refractivity contribution in [2.75, 3.05) is 12.4 Å². The summed E-state index contributed by atoms with van der Waals surface area (Å²) in [5.41, 5.74) is 1.25. The van der Waals surface area contributed by atoms with Crippen molar-refractivity contribution in [3.63, 3.8) is 0 Å². The molecule has 0 bridgehead atoms. The van der Waals surface area contributed by atoms with Gasteiger partial charge in [0.05, 0.1) is 6.33 Å². The molecule has 0 saturated carbocycles. The van der Waals surface area contributed by atoms with Gasteiger partial charge in [0.15, 0.2) is 5.65 Å². The van der Waals surface area contributed by atoms with Crippen LogP contribution in [0.5, 0.6) is 11.6 Å². The highest BCUT2D eigenvalue weighted by molar-refractivity contribution is 5.77. The van der Waals surface area contributed by atoms with Crippen LogP contribution < -0.4 is 10.1 Å². The zero-order chi connectivity index (χ0) is 12.4. The summed E-state index contributed by atoms with van der Waals surface area (Å²) in [5.74, 6) is 1.64. The van der Waals surface area contributed by atoms with E-state index in [2.05, 4.69) is 25.3 Å². The van der Waals surface area contributed by atoms with Gasteiger partial charge in [-0.2, -0.15) is 9.97 Å². The van der Waals surface area contributed by atoms with Crippen LogP contribution in [0.1, 0.15) is 0 Å². The van der Waals surface area contributed by atoms with Gasteiger partial charge >= 0.3 is 0 Å². The fraction of sp³-hybridized carbons (Fsp3) is 0.0833. The predicted octanol–water partition coefficient (Wildman–Crippen LogP) is 2.19. The molecular weight excluding hydrogens is 230 g/mol. The molecule has 90 valence electrons. The highest BCUT2D eigenvalue weighted by atomic mass is 16.5. The number of nitrogens with one attached hydrogen (secondary N) is 2. The first-order chi connectivity index (χ1) is 8.86. The Morgan fingerprint density at radius 3 is 2.78 bits per heavy atom. The average molecular weight is 241 g/mol. The summed E-state index contributed by atoms with van der Waals surface area (Å²) in [6, 6.07) is 9.46. The predicted molar refractivity (Wildman–Crippen MR) is 67.7 cm³/mol. The molecule has 0 aliphatic rings. The van der Waals surface area contributed by atoms with Crippen molar-refractivity contribution in [1.82, 2.24) is 19.9 Å². The Bertz CT molecular complexity index is 665. The molecular formula is C12H11N5O. The molecule has 0 radical (unpaired) electrons. The second-order valence-corrected chi connectivity index (χ2v) is 3.62. The van der Waals surface area contributed by atoms with Crippen LogP contribution in [0.25, 0.3) is 11.2 Å². The number of H-pyrrole nitrogens is 1. The van der Waals surface area contributed by atoms with Gasteiger partial charge in [-0.3, -0.25) is 0 Å². The minimum Gasteiger partial charge on any atom is -0.437 e.